The third kappa shape index (κ3) is 5.72. The molecule has 1 unspecified atom stereocenters. The van der Waals surface area contributed by atoms with Crippen LogP contribution in [-0.4, -0.2) is 36.9 Å². The highest BCUT2D eigenvalue weighted by atomic mass is 16.2. The Labute approximate surface area is 113 Å². The third-order valence-electron chi connectivity index (χ3n) is 3.18. The molecular weight excluding hydrogens is 246 g/mol. The Balaban J connectivity index is 2.68. The van der Waals surface area contributed by atoms with Gasteiger partial charge in [0.15, 0.2) is 0 Å². The van der Waals surface area contributed by atoms with E-state index in [4.69, 9.17) is 0 Å². The molecule has 1 aliphatic rings. The number of amides is 3. The zero-order valence-electron chi connectivity index (χ0n) is 11.8. The summed E-state index contributed by atoms with van der Waals surface area (Å²) in [7, 11) is 0. The highest BCUT2D eigenvalue weighted by molar-refractivity contribution is 5.90. The molecule has 0 aromatic carbocycles. The molecule has 1 saturated heterocycles. The lowest BCUT2D eigenvalue weighted by atomic mass is 9.94. The van der Waals surface area contributed by atoms with E-state index in [-0.39, 0.29) is 30.2 Å². The smallest absolute Gasteiger partial charge is 0.242 e. The van der Waals surface area contributed by atoms with Crippen LogP contribution in [0.2, 0.25) is 0 Å². The zero-order valence-corrected chi connectivity index (χ0v) is 11.8. The van der Waals surface area contributed by atoms with Gasteiger partial charge >= 0.3 is 0 Å². The van der Waals surface area contributed by atoms with Crippen molar-refractivity contribution in [3.05, 3.63) is 0 Å². The molecule has 0 aliphatic carbocycles. The third-order valence-corrected chi connectivity index (χ3v) is 3.18. The van der Waals surface area contributed by atoms with E-state index in [1.807, 2.05) is 13.8 Å². The van der Waals surface area contributed by atoms with E-state index in [1.165, 1.54) is 0 Å². The normalized spacial score (nSPS) is 31.1. The molecule has 0 bridgehead atoms. The molecular formula is C13H23N3O3. The van der Waals surface area contributed by atoms with Crippen LogP contribution < -0.4 is 16.0 Å². The first-order valence-corrected chi connectivity index (χ1v) is 6.72. The zero-order chi connectivity index (χ0) is 14.4. The summed E-state index contributed by atoms with van der Waals surface area (Å²) < 4.78 is 0. The summed E-state index contributed by atoms with van der Waals surface area (Å²) >= 11 is 0. The molecule has 1 rings (SSSR count). The fraction of sp³-hybridized carbons (Fsp3) is 0.769. The first kappa shape index (κ1) is 15.5. The van der Waals surface area contributed by atoms with Crippen molar-refractivity contribution in [2.45, 2.75) is 39.7 Å². The average Bonchev–Trinajstić information content (AvgIpc) is 2.32. The van der Waals surface area contributed by atoms with Gasteiger partial charge in [0.2, 0.25) is 17.7 Å². The van der Waals surface area contributed by atoms with Gasteiger partial charge in [-0.05, 0) is 25.2 Å². The van der Waals surface area contributed by atoms with Crippen LogP contribution in [0.4, 0.5) is 0 Å². The minimum Gasteiger partial charge on any atom is -0.354 e. The topological polar surface area (TPSA) is 87.3 Å². The molecule has 19 heavy (non-hydrogen) atoms. The van der Waals surface area contributed by atoms with Gasteiger partial charge < -0.3 is 16.0 Å². The Morgan fingerprint density at radius 3 is 2.32 bits per heavy atom. The minimum absolute atomic E-state index is 0.0542. The molecule has 0 spiro atoms. The second kappa shape index (κ2) is 7.11. The van der Waals surface area contributed by atoms with Gasteiger partial charge in [0.05, 0.1) is 6.54 Å². The van der Waals surface area contributed by atoms with E-state index in [9.17, 15) is 14.4 Å². The first-order valence-electron chi connectivity index (χ1n) is 6.72. The number of rotatable bonds is 0. The number of carbonyl (C=O) groups is 3. The molecule has 0 aromatic heterocycles. The van der Waals surface area contributed by atoms with Crippen LogP contribution in [0.25, 0.3) is 0 Å². The van der Waals surface area contributed by atoms with Gasteiger partial charge in [-0.25, -0.2) is 0 Å². The van der Waals surface area contributed by atoms with Crippen molar-refractivity contribution >= 4 is 17.7 Å². The van der Waals surface area contributed by atoms with Crippen molar-refractivity contribution in [3.63, 3.8) is 0 Å². The van der Waals surface area contributed by atoms with Crippen molar-refractivity contribution in [2.24, 2.45) is 11.8 Å². The highest BCUT2D eigenvalue weighted by Gasteiger charge is 2.20. The molecule has 3 amide bonds. The van der Waals surface area contributed by atoms with Crippen molar-refractivity contribution in [3.8, 4) is 0 Å². The lowest BCUT2D eigenvalue weighted by Gasteiger charge is -2.17. The molecule has 0 saturated carbocycles. The molecule has 0 radical (unpaired) electrons. The molecule has 1 fully saturated rings. The second-order valence-electron chi connectivity index (χ2n) is 5.46. The van der Waals surface area contributed by atoms with Crippen molar-refractivity contribution < 1.29 is 14.4 Å². The van der Waals surface area contributed by atoms with Crippen molar-refractivity contribution in [1.82, 2.24) is 16.0 Å². The Hall–Kier alpha value is -1.59. The Morgan fingerprint density at radius 2 is 1.63 bits per heavy atom. The molecule has 108 valence electrons. The van der Waals surface area contributed by atoms with Crippen LogP contribution in [0.1, 0.15) is 33.6 Å². The van der Waals surface area contributed by atoms with E-state index in [2.05, 4.69) is 16.0 Å². The summed E-state index contributed by atoms with van der Waals surface area (Å²) in [6.45, 7) is 6.16. The number of nitrogens with one attached hydrogen (secondary N) is 3. The molecule has 3 atom stereocenters. The van der Waals surface area contributed by atoms with E-state index >= 15 is 0 Å². The number of hydrogen-bond acceptors (Lipinski definition) is 3. The predicted octanol–water partition coefficient (Wildman–Crippen LogP) is -0.210. The fourth-order valence-corrected chi connectivity index (χ4v) is 2.21. The number of carbonyl (C=O) groups excluding carboxylic acids is 3. The lowest BCUT2D eigenvalue weighted by Crippen LogP contribution is -2.47. The van der Waals surface area contributed by atoms with Gasteiger partial charge in [0.25, 0.3) is 0 Å². The molecule has 1 aliphatic heterocycles. The molecule has 0 aromatic rings. The second-order valence-corrected chi connectivity index (χ2v) is 5.46. The quantitative estimate of drug-likeness (QED) is 0.568. The van der Waals surface area contributed by atoms with Crippen LogP contribution >= 0.6 is 0 Å². The maximum absolute atomic E-state index is 11.7. The van der Waals surface area contributed by atoms with Gasteiger partial charge in [0.1, 0.15) is 6.04 Å². The summed E-state index contributed by atoms with van der Waals surface area (Å²) in [5.41, 5.74) is 0. The molecule has 1 heterocycles. The van der Waals surface area contributed by atoms with Gasteiger partial charge in [0, 0.05) is 13.0 Å². The minimum atomic E-state index is -0.620. The summed E-state index contributed by atoms with van der Waals surface area (Å²) in [5, 5.41) is 7.93. The highest BCUT2D eigenvalue weighted by Crippen LogP contribution is 2.14. The van der Waals surface area contributed by atoms with Gasteiger partial charge in [-0.3, -0.25) is 14.4 Å². The maximum Gasteiger partial charge on any atom is 0.242 e. The summed E-state index contributed by atoms with van der Waals surface area (Å²) in [4.78, 5) is 34.9. The fourth-order valence-electron chi connectivity index (χ4n) is 2.21. The van der Waals surface area contributed by atoms with E-state index in [1.54, 1.807) is 6.92 Å². The van der Waals surface area contributed by atoms with E-state index in [0.717, 1.165) is 6.42 Å². The monoisotopic (exact) mass is 269 g/mol. The van der Waals surface area contributed by atoms with Crippen LogP contribution in [-0.2, 0) is 14.4 Å². The largest absolute Gasteiger partial charge is 0.354 e. The van der Waals surface area contributed by atoms with Gasteiger partial charge in [-0.2, -0.15) is 0 Å². The van der Waals surface area contributed by atoms with Crippen LogP contribution in [0, 0.1) is 11.8 Å². The maximum atomic E-state index is 11.7. The van der Waals surface area contributed by atoms with Crippen molar-refractivity contribution in [2.75, 3.05) is 13.1 Å². The van der Waals surface area contributed by atoms with Gasteiger partial charge in [-0.15, -0.1) is 0 Å². The Morgan fingerprint density at radius 1 is 0.947 bits per heavy atom. The summed E-state index contributed by atoms with van der Waals surface area (Å²) in [6, 6.07) is -0.620. The van der Waals surface area contributed by atoms with E-state index < -0.39 is 6.04 Å². The van der Waals surface area contributed by atoms with Crippen LogP contribution in [0.5, 0.6) is 0 Å². The Bertz CT molecular complexity index is 357. The van der Waals surface area contributed by atoms with Crippen molar-refractivity contribution in [1.29, 1.82) is 0 Å². The molecule has 3 N–H and O–H groups in total. The molecule has 6 nitrogen and oxygen atoms in total. The number of hydrogen-bond donors (Lipinski definition) is 3. The van der Waals surface area contributed by atoms with Crippen LogP contribution in [0.3, 0.4) is 0 Å². The first-order chi connectivity index (χ1) is 8.88. The predicted molar refractivity (Wildman–Crippen MR) is 71.2 cm³/mol. The molecule has 6 heteroatoms. The Kier molecular flexibility index (Phi) is 5.79. The average molecular weight is 269 g/mol. The standard InChI is InChI=1S/C13H23N3O3/c1-8-4-9(2)6-14-12(18)7-15-13(19)10(3)16-11(17)5-8/h8-10H,4-7H2,1-3H3,(H,14,18)(H,15,19)(H,16,17)/t8-,9?,10+/m1/s1. The van der Waals surface area contributed by atoms with Crippen LogP contribution in [0.15, 0.2) is 0 Å². The summed E-state index contributed by atoms with van der Waals surface area (Å²) in [6.07, 6.45) is 1.26. The van der Waals surface area contributed by atoms with Gasteiger partial charge in [-0.1, -0.05) is 13.8 Å². The van der Waals surface area contributed by atoms with E-state index in [0.29, 0.717) is 18.9 Å². The lowest BCUT2D eigenvalue weighted by molar-refractivity contribution is -0.130. The summed E-state index contributed by atoms with van der Waals surface area (Å²) in [5.74, 6) is -0.140. The SMILES string of the molecule is CC1CNC(=O)CNC(=O)[C@H](C)NC(=O)C[C@H](C)C1.